The van der Waals surface area contributed by atoms with Crippen LogP contribution >= 0.6 is 11.3 Å². The highest BCUT2D eigenvalue weighted by Gasteiger charge is 2.16. The van der Waals surface area contributed by atoms with Crippen molar-refractivity contribution in [1.29, 1.82) is 0 Å². The topological polar surface area (TPSA) is 100 Å². The molecule has 3 aromatic rings. The average Bonchev–Trinajstić information content (AvgIpc) is 3.08. The smallest absolute Gasteiger partial charge is 0.248 e. The minimum absolute atomic E-state index is 0.159. The number of anilines is 2. The minimum atomic E-state index is -0.732. The zero-order valence-electron chi connectivity index (χ0n) is 15.9. The number of nitrogens with one attached hydrogen (secondary N) is 3. The summed E-state index contributed by atoms with van der Waals surface area (Å²) in [6, 6.07) is 14.0. The van der Waals surface area contributed by atoms with Crippen molar-refractivity contribution < 1.29 is 14.4 Å². The summed E-state index contributed by atoms with van der Waals surface area (Å²) >= 11 is 1.29. The first-order chi connectivity index (χ1) is 13.9. The molecule has 148 valence electrons. The van der Waals surface area contributed by atoms with Gasteiger partial charge in [0.05, 0.1) is 10.2 Å². The first kappa shape index (κ1) is 20.2. The molecular formula is C21H20N4O3S. The van der Waals surface area contributed by atoms with E-state index in [2.05, 4.69) is 20.9 Å². The van der Waals surface area contributed by atoms with Gasteiger partial charge in [-0.2, -0.15) is 0 Å². The van der Waals surface area contributed by atoms with Crippen LogP contribution in [0.2, 0.25) is 0 Å². The van der Waals surface area contributed by atoms with Gasteiger partial charge in [0.25, 0.3) is 0 Å². The quantitative estimate of drug-likeness (QED) is 0.544. The lowest BCUT2D eigenvalue weighted by Crippen LogP contribution is -2.40. The maximum Gasteiger partial charge on any atom is 0.248 e. The van der Waals surface area contributed by atoms with Crippen molar-refractivity contribution in [3.05, 3.63) is 60.2 Å². The molecule has 0 fully saturated rings. The zero-order chi connectivity index (χ0) is 20.8. The highest BCUT2D eigenvalue weighted by molar-refractivity contribution is 7.22. The van der Waals surface area contributed by atoms with Crippen molar-refractivity contribution >= 4 is 56.2 Å². The van der Waals surface area contributed by atoms with Crippen molar-refractivity contribution in [3.8, 4) is 0 Å². The van der Waals surface area contributed by atoms with Gasteiger partial charge in [-0.25, -0.2) is 4.98 Å². The van der Waals surface area contributed by atoms with Crippen LogP contribution in [0.1, 0.15) is 19.4 Å². The van der Waals surface area contributed by atoms with Crippen LogP contribution in [-0.2, 0) is 14.4 Å². The van der Waals surface area contributed by atoms with Gasteiger partial charge >= 0.3 is 0 Å². The van der Waals surface area contributed by atoms with E-state index < -0.39 is 6.04 Å². The third-order valence-electron chi connectivity index (χ3n) is 3.92. The van der Waals surface area contributed by atoms with Crippen LogP contribution in [0.25, 0.3) is 16.3 Å². The van der Waals surface area contributed by atoms with E-state index in [1.165, 1.54) is 24.3 Å². The number of nitrogens with zero attached hydrogens (tertiary/aromatic N) is 1. The normalized spacial score (nSPS) is 11.9. The number of rotatable bonds is 6. The summed E-state index contributed by atoms with van der Waals surface area (Å²) in [6.07, 6.45) is 3.07. The Labute approximate surface area is 171 Å². The summed E-state index contributed by atoms with van der Waals surface area (Å²) in [6.45, 7) is 3.04. The SMILES string of the molecule is CC(=O)Nc1ccc2nc(NC(=O)[C@@H](C)NC(=O)/C=C/c3ccccc3)sc2c1. The molecule has 3 rings (SSSR count). The summed E-state index contributed by atoms with van der Waals surface area (Å²) in [5.41, 5.74) is 2.27. The Morgan fingerprint density at radius 2 is 1.83 bits per heavy atom. The first-order valence-electron chi connectivity index (χ1n) is 8.93. The van der Waals surface area contributed by atoms with Crippen LogP contribution in [-0.4, -0.2) is 28.7 Å². The number of hydrogen-bond donors (Lipinski definition) is 3. The lowest BCUT2D eigenvalue weighted by atomic mass is 10.2. The van der Waals surface area contributed by atoms with Gasteiger partial charge in [0, 0.05) is 18.7 Å². The van der Waals surface area contributed by atoms with Gasteiger partial charge in [-0.1, -0.05) is 41.7 Å². The minimum Gasteiger partial charge on any atom is -0.341 e. The van der Waals surface area contributed by atoms with Gasteiger partial charge in [0.1, 0.15) is 6.04 Å². The van der Waals surface area contributed by atoms with E-state index in [0.717, 1.165) is 10.3 Å². The Bertz CT molecular complexity index is 1080. The monoisotopic (exact) mass is 408 g/mol. The number of aromatic nitrogens is 1. The summed E-state index contributed by atoms with van der Waals surface area (Å²) in [5, 5.41) is 8.47. The molecule has 0 radical (unpaired) electrons. The van der Waals surface area contributed by atoms with E-state index in [9.17, 15) is 14.4 Å². The molecule has 0 saturated heterocycles. The van der Waals surface area contributed by atoms with E-state index >= 15 is 0 Å². The molecule has 1 heterocycles. The molecule has 7 nitrogen and oxygen atoms in total. The second-order valence-corrected chi connectivity index (χ2v) is 7.38. The molecule has 0 saturated carbocycles. The summed E-state index contributed by atoms with van der Waals surface area (Å²) in [7, 11) is 0. The van der Waals surface area contributed by atoms with Crippen molar-refractivity contribution in [2.24, 2.45) is 0 Å². The molecular weight excluding hydrogens is 388 g/mol. The third-order valence-corrected chi connectivity index (χ3v) is 4.85. The maximum absolute atomic E-state index is 12.4. The molecule has 0 spiro atoms. The lowest BCUT2D eigenvalue weighted by Gasteiger charge is -2.11. The fraction of sp³-hybridized carbons (Fsp3) is 0.143. The van der Waals surface area contributed by atoms with Crippen molar-refractivity contribution in [1.82, 2.24) is 10.3 Å². The lowest BCUT2D eigenvalue weighted by molar-refractivity contribution is -0.123. The van der Waals surface area contributed by atoms with Crippen molar-refractivity contribution in [2.45, 2.75) is 19.9 Å². The molecule has 3 N–H and O–H groups in total. The fourth-order valence-corrected chi connectivity index (χ4v) is 3.44. The standard InChI is InChI=1S/C21H20N4O3S/c1-13(22-19(27)11-8-15-6-4-3-5-7-15)20(28)25-21-24-17-10-9-16(23-14(2)26)12-18(17)29-21/h3-13H,1-2H3,(H,22,27)(H,23,26)(H,24,25,28)/b11-8+/t13-/m1/s1. The highest BCUT2D eigenvalue weighted by atomic mass is 32.1. The van der Waals surface area contributed by atoms with Crippen molar-refractivity contribution in [3.63, 3.8) is 0 Å². The molecule has 0 aliphatic heterocycles. The van der Waals surface area contributed by atoms with Gasteiger partial charge in [-0.3, -0.25) is 14.4 Å². The third kappa shape index (κ3) is 5.73. The van der Waals surface area contributed by atoms with Crippen molar-refractivity contribution in [2.75, 3.05) is 10.6 Å². The average molecular weight is 408 g/mol. The molecule has 0 unspecified atom stereocenters. The van der Waals surface area contributed by atoms with E-state index in [1.54, 1.807) is 31.2 Å². The zero-order valence-corrected chi connectivity index (χ0v) is 16.7. The summed E-state index contributed by atoms with van der Waals surface area (Å²) in [4.78, 5) is 39.9. The molecule has 0 aliphatic carbocycles. The number of hydrogen-bond acceptors (Lipinski definition) is 5. The number of thiazole rings is 1. The van der Waals surface area contributed by atoms with Gasteiger partial charge < -0.3 is 16.0 Å². The predicted octanol–water partition coefficient (Wildman–Crippen LogP) is 3.41. The van der Waals surface area contributed by atoms with E-state index in [4.69, 9.17) is 0 Å². The van der Waals surface area contributed by atoms with Gasteiger partial charge in [-0.15, -0.1) is 0 Å². The molecule has 1 atom stereocenters. The van der Waals surface area contributed by atoms with Gasteiger partial charge in [0.15, 0.2) is 5.13 Å². The number of fused-ring (bicyclic) bond motifs is 1. The molecule has 0 bridgehead atoms. The van der Waals surface area contributed by atoms with Crippen LogP contribution in [0.3, 0.4) is 0 Å². The summed E-state index contributed by atoms with van der Waals surface area (Å²) < 4.78 is 0.828. The number of carbonyl (C=O) groups excluding carboxylic acids is 3. The largest absolute Gasteiger partial charge is 0.341 e. The van der Waals surface area contributed by atoms with Crippen LogP contribution in [0.15, 0.2) is 54.6 Å². The Morgan fingerprint density at radius 1 is 1.07 bits per heavy atom. The fourth-order valence-electron chi connectivity index (χ4n) is 2.54. The predicted molar refractivity (Wildman–Crippen MR) is 116 cm³/mol. The Balaban J connectivity index is 1.59. The number of amides is 3. The first-order valence-corrected chi connectivity index (χ1v) is 9.75. The molecule has 3 amide bonds. The highest BCUT2D eigenvalue weighted by Crippen LogP contribution is 2.28. The molecule has 2 aromatic carbocycles. The van der Waals surface area contributed by atoms with Crippen LogP contribution in [0.4, 0.5) is 10.8 Å². The second-order valence-electron chi connectivity index (χ2n) is 6.35. The second kappa shape index (κ2) is 9.11. The molecule has 29 heavy (non-hydrogen) atoms. The van der Waals surface area contributed by atoms with E-state index in [1.807, 2.05) is 30.3 Å². The van der Waals surface area contributed by atoms with E-state index in [0.29, 0.717) is 16.3 Å². The molecule has 0 aliphatic rings. The van der Waals surface area contributed by atoms with Crippen LogP contribution in [0.5, 0.6) is 0 Å². The maximum atomic E-state index is 12.4. The van der Waals surface area contributed by atoms with Gasteiger partial charge in [0.2, 0.25) is 17.7 Å². The molecule has 1 aromatic heterocycles. The van der Waals surface area contributed by atoms with Gasteiger partial charge in [-0.05, 0) is 36.8 Å². The molecule has 8 heteroatoms. The van der Waals surface area contributed by atoms with E-state index in [-0.39, 0.29) is 17.7 Å². The van der Waals surface area contributed by atoms with Crippen LogP contribution in [0, 0.1) is 0 Å². The number of carbonyl (C=O) groups is 3. The number of benzene rings is 2. The Hall–Kier alpha value is -3.52. The Kier molecular flexibility index (Phi) is 6.36. The van der Waals surface area contributed by atoms with Crippen LogP contribution < -0.4 is 16.0 Å². The summed E-state index contributed by atoms with van der Waals surface area (Å²) in [5.74, 6) is -0.887. The Morgan fingerprint density at radius 3 is 2.55 bits per heavy atom.